The molecule has 594 valence electrons. The molecule has 0 saturated carbocycles. The van der Waals surface area contributed by atoms with E-state index >= 15 is 0 Å². The van der Waals surface area contributed by atoms with Crippen LogP contribution in [0.4, 0.5) is 0 Å². The first kappa shape index (κ1) is 98.1. The largest absolute Gasteiger partial charge is 0.472 e. The first-order chi connectivity index (χ1) is 48.7. The Morgan fingerprint density at radius 2 is 0.400 bits per heavy atom. The van der Waals surface area contributed by atoms with Crippen molar-refractivity contribution in [3.05, 3.63) is 0 Å². The molecular weight excluding hydrogens is 1310 g/mol. The lowest BCUT2D eigenvalue weighted by molar-refractivity contribution is -0.161. The van der Waals surface area contributed by atoms with Crippen molar-refractivity contribution < 1.29 is 80.2 Å². The van der Waals surface area contributed by atoms with Gasteiger partial charge >= 0.3 is 39.5 Å². The van der Waals surface area contributed by atoms with Crippen LogP contribution in [0, 0.1) is 0 Å². The number of ether oxygens (including phenoxy) is 4. The summed E-state index contributed by atoms with van der Waals surface area (Å²) in [5, 5.41) is 10.6. The molecule has 0 rings (SSSR count). The number of hydrogen-bond donors (Lipinski definition) is 3. The highest BCUT2D eigenvalue weighted by molar-refractivity contribution is 7.47. The highest BCUT2D eigenvalue weighted by Crippen LogP contribution is 2.45. The lowest BCUT2D eigenvalue weighted by Crippen LogP contribution is -2.30. The minimum Gasteiger partial charge on any atom is -0.462 e. The number of phosphoric ester groups is 2. The van der Waals surface area contributed by atoms with Crippen LogP contribution in [0.1, 0.15) is 439 Å². The first-order valence-electron chi connectivity index (χ1n) is 42.3. The van der Waals surface area contributed by atoms with Crippen molar-refractivity contribution in [1.82, 2.24) is 0 Å². The summed E-state index contributed by atoms with van der Waals surface area (Å²) >= 11 is 0. The number of carbonyl (C=O) groups is 4. The Kier molecular flexibility index (Phi) is 73.8. The summed E-state index contributed by atoms with van der Waals surface area (Å²) in [5.41, 5.74) is 0. The van der Waals surface area contributed by atoms with Crippen LogP contribution in [-0.4, -0.2) is 96.7 Å². The topological polar surface area (TPSA) is 237 Å². The van der Waals surface area contributed by atoms with E-state index in [4.69, 9.17) is 37.0 Å². The molecule has 17 nitrogen and oxygen atoms in total. The summed E-state index contributed by atoms with van der Waals surface area (Å²) in [6.07, 6.45) is 67.9. The molecule has 0 saturated heterocycles. The average Bonchev–Trinajstić information content (AvgIpc) is 0.928. The molecule has 0 aromatic carbocycles. The van der Waals surface area contributed by atoms with Crippen LogP contribution in [0.5, 0.6) is 0 Å². The zero-order chi connectivity index (χ0) is 73.2. The maximum absolute atomic E-state index is 13.1. The van der Waals surface area contributed by atoms with E-state index in [1.165, 1.54) is 270 Å². The Bertz CT molecular complexity index is 1890. The van der Waals surface area contributed by atoms with E-state index < -0.39 is 97.5 Å². The zero-order valence-electron chi connectivity index (χ0n) is 65.2. The van der Waals surface area contributed by atoms with E-state index in [1.807, 2.05) is 0 Å². The summed E-state index contributed by atoms with van der Waals surface area (Å²) < 4.78 is 68.7. The molecule has 0 aromatic heterocycles. The smallest absolute Gasteiger partial charge is 0.462 e. The van der Waals surface area contributed by atoms with Gasteiger partial charge in [-0.1, -0.05) is 387 Å². The molecule has 0 amide bonds. The molecule has 0 bridgehead atoms. The molecule has 0 aliphatic heterocycles. The van der Waals surface area contributed by atoms with Crippen LogP contribution in [0.25, 0.3) is 0 Å². The predicted molar refractivity (Wildman–Crippen MR) is 409 cm³/mol. The number of unbranched alkanes of at least 4 members (excludes halogenated alkanes) is 56. The summed E-state index contributed by atoms with van der Waals surface area (Å²) in [5.74, 6) is -2.10. The predicted octanol–water partition coefficient (Wildman–Crippen LogP) is 24.6. The molecule has 0 heterocycles. The van der Waals surface area contributed by atoms with Crippen LogP contribution >= 0.6 is 15.6 Å². The molecular formula is C81H158O17P2. The number of esters is 4. The summed E-state index contributed by atoms with van der Waals surface area (Å²) in [6, 6.07) is 0. The van der Waals surface area contributed by atoms with Crippen LogP contribution in [0.3, 0.4) is 0 Å². The standard InChI is InChI=1S/C81H158O17P2/c1-5-9-13-17-21-25-29-32-34-36-37-38-39-41-44-48-52-56-60-64-68-81(86)98-77(72-92-79(84)66-62-58-54-50-46-43-40-35-33-30-26-22-18-14-10-6-2)74-96-100(89,90)94-70-75(82)69-93-99(87,88)95-73-76(71-91-78(83)65-61-57-53-49-45-28-24-20-16-12-8-4)97-80(85)67-63-59-55-51-47-42-31-27-23-19-15-11-7-3/h75-77,82H,5-74H2,1-4H3,(H,87,88)(H,89,90)/t75-,76+,77+/m0/s1. The highest BCUT2D eigenvalue weighted by Gasteiger charge is 2.30. The summed E-state index contributed by atoms with van der Waals surface area (Å²) in [7, 11) is -9.92. The van der Waals surface area contributed by atoms with Crippen LogP contribution < -0.4 is 0 Å². The van der Waals surface area contributed by atoms with E-state index in [0.717, 1.165) is 89.9 Å². The summed E-state index contributed by atoms with van der Waals surface area (Å²) in [4.78, 5) is 73.0. The Balaban J connectivity index is 5.23. The van der Waals surface area contributed by atoms with Crippen molar-refractivity contribution in [2.45, 2.75) is 457 Å². The fourth-order valence-electron chi connectivity index (χ4n) is 12.6. The molecule has 0 spiro atoms. The van der Waals surface area contributed by atoms with E-state index in [2.05, 4.69) is 27.7 Å². The molecule has 0 fully saturated rings. The SMILES string of the molecule is CCCCCCCCCCCCCCCCCCCCCCC(=O)O[C@H](COC(=O)CCCCCCCCCCCCCCCCCC)COP(=O)(O)OC[C@@H](O)COP(=O)(O)OC[C@@H](COC(=O)CCCCCCCCCCCCC)OC(=O)CCCCCCCCCCCCCCC. The first-order valence-corrected chi connectivity index (χ1v) is 45.3. The quantitative estimate of drug-likeness (QED) is 0.0222. The van der Waals surface area contributed by atoms with Crippen LogP contribution in [0.2, 0.25) is 0 Å². The van der Waals surface area contributed by atoms with Gasteiger partial charge in [-0.2, -0.15) is 0 Å². The van der Waals surface area contributed by atoms with Crippen molar-refractivity contribution in [1.29, 1.82) is 0 Å². The number of carbonyl (C=O) groups excluding carboxylic acids is 4. The van der Waals surface area contributed by atoms with Gasteiger partial charge in [-0.3, -0.25) is 37.3 Å². The van der Waals surface area contributed by atoms with Gasteiger partial charge in [0.2, 0.25) is 0 Å². The lowest BCUT2D eigenvalue weighted by Gasteiger charge is -2.21. The van der Waals surface area contributed by atoms with Gasteiger partial charge in [-0.05, 0) is 25.7 Å². The molecule has 0 radical (unpaired) electrons. The van der Waals surface area contributed by atoms with Crippen molar-refractivity contribution in [2.75, 3.05) is 39.6 Å². The minimum absolute atomic E-state index is 0.109. The van der Waals surface area contributed by atoms with Gasteiger partial charge in [0.15, 0.2) is 12.2 Å². The Morgan fingerprint density at radius 1 is 0.240 bits per heavy atom. The molecule has 100 heavy (non-hydrogen) atoms. The van der Waals surface area contributed by atoms with Crippen molar-refractivity contribution in [3.63, 3.8) is 0 Å². The number of rotatable bonds is 82. The average molecular weight is 1470 g/mol. The number of phosphoric acid groups is 2. The van der Waals surface area contributed by atoms with Gasteiger partial charge in [0, 0.05) is 25.7 Å². The second-order valence-corrected chi connectivity index (χ2v) is 32.1. The zero-order valence-corrected chi connectivity index (χ0v) is 67.0. The van der Waals surface area contributed by atoms with Crippen molar-refractivity contribution in [3.8, 4) is 0 Å². The van der Waals surface area contributed by atoms with E-state index in [1.54, 1.807) is 0 Å². The van der Waals surface area contributed by atoms with Crippen LogP contribution in [-0.2, 0) is 65.4 Å². The van der Waals surface area contributed by atoms with Gasteiger partial charge in [0.05, 0.1) is 26.4 Å². The third-order valence-corrected chi connectivity index (χ3v) is 21.0. The monoisotopic (exact) mass is 1470 g/mol. The Hall–Kier alpha value is -1.94. The normalized spacial score (nSPS) is 13.8. The fraction of sp³-hybridized carbons (Fsp3) is 0.951. The molecule has 0 aliphatic rings. The van der Waals surface area contributed by atoms with Gasteiger partial charge in [0.1, 0.15) is 19.3 Å². The molecule has 5 atom stereocenters. The molecule has 0 aliphatic carbocycles. The molecule has 3 N–H and O–H groups in total. The van der Waals surface area contributed by atoms with E-state index in [9.17, 15) is 43.2 Å². The molecule has 2 unspecified atom stereocenters. The molecule has 0 aromatic rings. The highest BCUT2D eigenvalue weighted by atomic mass is 31.2. The second-order valence-electron chi connectivity index (χ2n) is 29.2. The number of aliphatic hydroxyl groups excluding tert-OH is 1. The van der Waals surface area contributed by atoms with Gasteiger partial charge in [-0.15, -0.1) is 0 Å². The van der Waals surface area contributed by atoms with Gasteiger partial charge in [0.25, 0.3) is 0 Å². The Morgan fingerprint density at radius 3 is 0.590 bits per heavy atom. The van der Waals surface area contributed by atoms with Crippen molar-refractivity contribution in [2.24, 2.45) is 0 Å². The van der Waals surface area contributed by atoms with Gasteiger partial charge < -0.3 is 33.8 Å². The lowest BCUT2D eigenvalue weighted by atomic mass is 10.0. The second kappa shape index (κ2) is 75.3. The van der Waals surface area contributed by atoms with Gasteiger partial charge in [-0.25, -0.2) is 9.13 Å². The minimum atomic E-state index is -4.96. The van der Waals surface area contributed by atoms with E-state index in [0.29, 0.717) is 25.7 Å². The third-order valence-electron chi connectivity index (χ3n) is 19.1. The maximum atomic E-state index is 13.1. The number of aliphatic hydroxyl groups is 1. The van der Waals surface area contributed by atoms with E-state index in [-0.39, 0.29) is 25.7 Å². The summed E-state index contributed by atoms with van der Waals surface area (Å²) in [6.45, 7) is 5.03. The fourth-order valence-corrected chi connectivity index (χ4v) is 14.2. The maximum Gasteiger partial charge on any atom is 0.472 e. The number of hydrogen-bond acceptors (Lipinski definition) is 15. The Labute approximate surface area is 613 Å². The van der Waals surface area contributed by atoms with Crippen LogP contribution in [0.15, 0.2) is 0 Å². The third kappa shape index (κ3) is 74.3. The molecule has 19 heteroatoms. The van der Waals surface area contributed by atoms with Crippen molar-refractivity contribution >= 4 is 39.5 Å².